The molecule has 1 aliphatic rings. The van der Waals surface area contributed by atoms with Crippen LogP contribution in [0.4, 0.5) is 5.69 Å². The van der Waals surface area contributed by atoms with E-state index < -0.39 is 15.9 Å². The van der Waals surface area contributed by atoms with Gasteiger partial charge in [0.2, 0.25) is 27.6 Å². The molecular formula is C22H23ClN4O4S. The molecule has 0 radical (unpaired) electrons. The highest BCUT2D eigenvalue weighted by molar-refractivity contribution is 7.89. The Kier molecular flexibility index (Phi) is 6.32. The molecule has 0 aliphatic carbocycles. The van der Waals surface area contributed by atoms with Crippen molar-refractivity contribution in [3.8, 4) is 11.4 Å². The van der Waals surface area contributed by atoms with Crippen LogP contribution in [0.15, 0.2) is 51.9 Å². The van der Waals surface area contributed by atoms with Gasteiger partial charge in [-0.3, -0.25) is 4.79 Å². The standard InChI is InChI=1S/C22H23ClN4O4S/c1-14-8-9-16(21-24-15(2)31-26-21)11-20(14)32(29,30)27-10-4-5-17(13-27)22(28)25-19-7-3-6-18(23)12-19/h3,6-9,11-12,17H,4-5,10,13H2,1-2H3,(H,25,28)/t17-/m0/s1. The molecule has 3 aromatic rings. The molecule has 1 fully saturated rings. The number of anilines is 1. The van der Waals surface area contributed by atoms with E-state index in [2.05, 4.69) is 15.5 Å². The van der Waals surface area contributed by atoms with Crippen LogP contribution in [-0.2, 0) is 14.8 Å². The lowest BCUT2D eigenvalue weighted by molar-refractivity contribution is -0.120. The predicted molar refractivity (Wildman–Crippen MR) is 121 cm³/mol. The van der Waals surface area contributed by atoms with Gasteiger partial charge in [0.05, 0.1) is 10.8 Å². The van der Waals surface area contributed by atoms with E-state index in [0.29, 0.717) is 52.9 Å². The molecule has 4 rings (SSSR count). The van der Waals surface area contributed by atoms with Gasteiger partial charge in [0.25, 0.3) is 0 Å². The number of piperidine rings is 1. The van der Waals surface area contributed by atoms with E-state index in [4.69, 9.17) is 16.1 Å². The van der Waals surface area contributed by atoms with Crippen LogP contribution in [-0.4, -0.2) is 41.9 Å². The lowest BCUT2D eigenvalue weighted by Gasteiger charge is -2.31. The average Bonchev–Trinajstić information content (AvgIpc) is 3.20. The fraction of sp³-hybridized carbons (Fsp3) is 0.318. The van der Waals surface area contributed by atoms with Crippen molar-refractivity contribution in [2.45, 2.75) is 31.6 Å². The van der Waals surface area contributed by atoms with Gasteiger partial charge in [-0.25, -0.2) is 8.42 Å². The van der Waals surface area contributed by atoms with Crippen LogP contribution in [0, 0.1) is 19.8 Å². The molecule has 0 bridgehead atoms. The number of halogens is 1. The van der Waals surface area contributed by atoms with Crippen LogP contribution in [0.2, 0.25) is 5.02 Å². The molecule has 8 nitrogen and oxygen atoms in total. The smallest absolute Gasteiger partial charge is 0.243 e. The zero-order valence-corrected chi connectivity index (χ0v) is 19.3. The summed E-state index contributed by atoms with van der Waals surface area (Å²) < 4.78 is 33.4. The Morgan fingerprint density at radius 2 is 2.03 bits per heavy atom. The lowest BCUT2D eigenvalue weighted by Crippen LogP contribution is -2.43. The van der Waals surface area contributed by atoms with Gasteiger partial charge >= 0.3 is 0 Å². The molecule has 2 heterocycles. The number of carbonyl (C=O) groups excluding carboxylic acids is 1. The third-order valence-corrected chi connectivity index (χ3v) is 7.68. The van der Waals surface area contributed by atoms with Crippen molar-refractivity contribution in [2.24, 2.45) is 5.92 Å². The Balaban J connectivity index is 1.55. The van der Waals surface area contributed by atoms with Crippen molar-refractivity contribution in [1.82, 2.24) is 14.4 Å². The monoisotopic (exact) mass is 474 g/mol. The van der Waals surface area contributed by atoms with Gasteiger partial charge in [-0.2, -0.15) is 9.29 Å². The maximum absolute atomic E-state index is 13.5. The molecule has 1 aliphatic heterocycles. The van der Waals surface area contributed by atoms with E-state index in [1.54, 1.807) is 56.3 Å². The first kappa shape index (κ1) is 22.4. The summed E-state index contributed by atoms with van der Waals surface area (Å²) in [5, 5.41) is 7.23. The van der Waals surface area contributed by atoms with Crippen molar-refractivity contribution in [3.05, 3.63) is 58.9 Å². The van der Waals surface area contributed by atoms with Crippen LogP contribution >= 0.6 is 11.6 Å². The number of nitrogens with one attached hydrogen (secondary N) is 1. The first-order valence-electron chi connectivity index (χ1n) is 10.2. The second-order valence-electron chi connectivity index (χ2n) is 7.82. The molecule has 2 aromatic carbocycles. The number of amides is 1. The molecule has 1 saturated heterocycles. The summed E-state index contributed by atoms with van der Waals surface area (Å²) >= 11 is 5.98. The Bertz CT molecular complexity index is 1260. The molecule has 168 valence electrons. The van der Waals surface area contributed by atoms with Gasteiger partial charge < -0.3 is 9.84 Å². The Hall–Kier alpha value is -2.75. The lowest BCUT2D eigenvalue weighted by atomic mass is 9.99. The molecule has 1 aromatic heterocycles. The third-order valence-electron chi connectivity index (χ3n) is 5.44. The SMILES string of the molecule is Cc1nc(-c2ccc(C)c(S(=O)(=O)N3CCC[C@H](C(=O)Nc4cccc(Cl)c4)C3)c2)no1. The summed E-state index contributed by atoms with van der Waals surface area (Å²) in [5.74, 6) is 0.0479. The average molecular weight is 475 g/mol. The number of rotatable bonds is 5. The van der Waals surface area contributed by atoms with E-state index >= 15 is 0 Å². The highest BCUT2D eigenvalue weighted by atomic mass is 35.5. The number of hydrogen-bond donors (Lipinski definition) is 1. The Labute approximate surface area is 191 Å². The number of sulfonamides is 1. The topological polar surface area (TPSA) is 105 Å². The summed E-state index contributed by atoms with van der Waals surface area (Å²) in [7, 11) is -3.82. The second kappa shape index (κ2) is 9.01. The quantitative estimate of drug-likeness (QED) is 0.598. The third kappa shape index (κ3) is 4.69. The molecule has 0 spiro atoms. The van der Waals surface area contributed by atoms with E-state index in [1.807, 2.05) is 0 Å². The number of nitrogens with zero attached hydrogens (tertiary/aromatic N) is 3. The van der Waals surface area contributed by atoms with Gasteiger partial charge in [0.1, 0.15) is 0 Å². The number of aromatic nitrogens is 2. The highest BCUT2D eigenvalue weighted by Gasteiger charge is 2.34. The Morgan fingerprint density at radius 3 is 2.75 bits per heavy atom. The van der Waals surface area contributed by atoms with Crippen LogP contribution in [0.25, 0.3) is 11.4 Å². The van der Waals surface area contributed by atoms with Crippen molar-refractivity contribution >= 4 is 33.2 Å². The van der Waals surface area contributed by atoms with Crippen molar-refractivity contribution in [1.29, 1.82) is 0 Å². The minimum Gasteiger partial charge on any atom is -0.339 e. The highest BCUT2D eigenvalue weighted by Crippen LogP contribution is 2.29. The second-order valence-corrected chi connectivity index (χ2v) is 10.2. The number of carbonyl (C=O) groups is 1. The van der Waals surface area contributed by atoms with Gasteiger partial charge in [0, 0.05) is 36.3 Å². The minimum absolute atomic E-state index is 0.111. The molecule has 0 saturated carbocycles. The van der Waals surface area contributed by atoms with E-state index in [0.717, 1.165) is 0 Å². The Morgan fingerprint density at radius 1 is 1.22 bits per heavy atom. The number of hydrogen-bond acceptors (Lipinski definition) is 6. The van der Waals surface area contributed by atoms with Gasteiger partial charge in [-0.1, -0.05) is 35.0 Å². The summed E-state index contributed by atoms with van der Waals surface area (Å²) in [6.45, 7) is 3.88. The summed E-state index contributed by atoms with van der Waals surface area (Å²) in [5.41, 5.74) is 1.75. The van der Waals surface area contributed by atoms with Crippen LogP contribution in [0.3, 0.4) is 0 Å². The predicted octanol–water partition coefficient (Wildman–Crippen LogP) is 4.05. The van der Waals surface area contributed by atoms with Crippen LogP contribution in [0.5, 0.6) is 0 Å². The first-order valence-corrected chi connectivity index (χ1v) is 12.0. The van der Waals surface area contributed by atoms with E-state index in [-0.39, 0.29) is 17.3 Å². The molecule has 1 amide bonds. The summed E-state index contributed by atoms with van der Waals surface area (Å²) in [6.07, 6.45) is 1.20. The van der Waals surface area contributed by atoms with Gasteiger partial charge in [-0.15, -0.1) is 0 Å². The fourth-order valence-corrected chi connectivity index (χ4v) is 5.72. The molecule has 32 heavy (non-hydrogen) atoms. The van der Waals surface area contributed by atoms with E-state index in [1.165, 1.54) is 4.31 Å². The van der Waals surface area contributed by atoms with Gasteiger partial charge in [0.15, 0.2) is 0 Å². The maximum Gasteiger partial charge on any atom is 0.243 e. The molecule has 10 heteroatoms. The van der Waals surface area contributed by atoms with Gasteiger partial charge in [-0.05, 0) is 49.6 Å². The van der Waals surface area contributed by atoms with Crippen molar-refractivity contribution < 1.29 is 17.7 Å². The van der Waals surface area contributed by atoms with Crippen LogP contribution < -0.4 is 5.32 Å². The number of benzene rings is 2. The largest absolute Gasteiger partial charge is 0.339 e. The molecule has 1 N–H and O–H groups in total. The van der Waals surface area contributed by atoms with Crippen molar-refractivity contribution in [3.63, 3.8) is 0 Å². The normalized spacial score (nSPS) is 17.3. The fourth-order valence-electron chi connectivity index (χ4n) is 3.76. The summed E-state index contributed by atoms with van der Waals surface area (Å²) in [6, 6.07) is 11.9. The van der Waals surface area contributed by atoms with E-state index in [9.17, 15) is 13.2 Å². The first-order chi connectivity index (χ1) is 15.2. The minimum atomic E-state index is -3.82. The van der Waals surface area contributed by atoms with Crippen LogP contribution in [0.1, 0.15) is 24.3 Å². The zero-order chi connectivity index (χ0) is 22.9. The zero-order valence-electron chi connectivity index (χ0n) is 17.7. The maximum atomic E-state index is 13.5. The number of aryl methyl sites for hydroxylation is 2. The molecule has 0 unspecified atom stereocenters. The molecule has 1 atom stereocenters. The van der Waals surface area contributed by atoms with Crippen molar-refractivity contribution in [2.75, 3.05) is 18.4 Å². The molecular weight excluding hydrogens is 452 g/mol. The summed E-state index contributed by atoms with van der Waals surface area (Å²) in [4.78, 5) is 17.1.